The van der Waals surface area contributed by atoms with Gasteiger partial charge in [0, 0.05) is 6.54 Å². The molecule has 3 saturated carbocycles. The topological polar surface area (TPSA) is 188 Å². The van der Waals surface area contributed by atoms with Crippen molar-refractivity contribution in [2.45, 2.75) is 83.3 Å². The smallest absolute Gasteiger partial charge is 0.323 e. The molecule has 4 rings (SSSR count). The number of primary amides is 1. The van der Waals surface area contributed by atoms with Crippen molar-refractivity contribution < 1.29 is 33.9 Å². The zero-order valence-electron chi connectivity index (χ0n) is 22.0. The van der Waals surface area contributed by atoms with Crippen LogP contribution in [0.4, 0.5) is 4.79 Å². The van der Waals surface area contributed by atoms with Gasteiger partial charge in [0.25, 0.3) is 5.91 Å². The van der Waals surface area contributed by atoms with Crippen LogP contribution in [-0.4, -0.2) is 76.7 Å². The van der Waals surface area contributed by atoms with E-state index in [4.69, 9.17) is 10.8 Å². The number of fused-ring (bicyclic) bond motifs is 1. The minimum Gasteiger partial charge on any atom is -0.480 e. The van der Waals surface area contributed by atoms with Crippen LogP contribution in [-0.2, 0) is 24.0 Å². The molecule has 0 radical (unpaired) electrons. The van der Waals surface area contributed by atoms with Crippen LogP contribution < -0.4 is 21.7 Å². The Hall–Kier alpha value is -3.18. The van der Waals surface area contributed by atoms with Crippen LogP contribution in [0.15, 0.2) is 0 Å². The Morgan fingerprint density at radius 1 is 0.921 bits per heavy atom. The number of rotatable bonds is 10. The second kappa shape index (κ2) is 10.9. The van der Waals surface area contributed by atoms with Gasteiger partial charge in [0.1, 0.15) is 24.7 Å². The van der Waals surface area contributed by atoms with E-state index in [2.05, 4.69) is 16.0 Å². The number of urea groups is 1. The molecular weight excluding hydrogens is 494 g/mol. The molecule has 4 fully saturated rings. The van der Waals surface area contributed by atoms with Crippen LogP contribution in [0.1, 0.15) is 65.2 Å². The lowest BCUT2D eigenvalue weighted by molar-refractivity contribution is -0.145. The van der Waals surface area contributed by atoms with Crippen molar-refractivity contribution in [2.75, 3.05) is 13.1 Å². The number of ketones is 1. The van der Waals surface area contributed by atoms with Crippen LogP contribution in [0.2, 0.25) is 0 Å². The number of carboxylic acid groups (broad SMARTS) is 1. The number of nitrogens with zero attached hydrogens (tertiary/aromatic N) is 1. The lowest BCUT2D eigenvalue weighted by Crippen LogP contribution is -2.61. The van der Waals surface area contributed by atoms with Gasteiger partial charge in [0.15, 0.2) is 0 Å². The second-order valence-corrected chi connectivity index (χ2v) is 11.9. The summed E-state index contributed by atoms with van der Waals surface area (Å²) >= 11 is 0. The Bertz CT molecular complexity index is 1000. The predicted molar refractivity (Wildman–Crippen MR) is 134 cm³/mol. The largest absolute Gasteiger partial charge is 0.480 e. The molecule has 210 valence electrons. The van der Waals surface area contributed by atoms with Gasteiger partial charge < -0.3 is 31.7 Å². The minimum atomic E-state index is -1.20. The van der Waals surface area contributed by atoms with E-state index in [1.165, 1.54) is 4.90 Å². The fourth-order valence-electron chi connectivity index (χ4n) is 6.75. The van der Waals surface area contributed by atoms with Gasteiger partial charge in [-0.05, 0) is 54.8 Å². The molecular formula is C26H39N5O7. The highest BCUT2D eigenvalue weighted by Gasteiger charge is 2.69. The average molecular weight is 534 g/mol. The quantitative estimate of drug-likeness (QED) is 0.247. The average Bonchev–Trinajstić information content (AvgIpc) is 3.17. The standard InChI is InChI=1S/C26H39N5O7/c1-26(2)15-12-31(20(17(15)26)23(36)29-18(13-9-6-10-13)21(34)22(27)35)24(37)19(14-7-4-3-5-8-14)30-25(38)28-11-16(32)33/h13-15,17-20H,3-12H2,1-2H3,(H2,27,35)(H,29,36)(H,32,33)(H2,28,30,38)/t15-,17-,18?,19-,20-/m0/s1. The van der Waals surface area contributed by atoms with E-state index in [0.29, 0.717) is 19.4 Å². The normalized spacial score (nSPS) is 27.7. The molecule has 1 unspecified atom stereocenters. The summed E-state index contributed by atoms with van der Waals surface area (Å²) in [4.78, 5) is 76.8. The van der Waals surface area contributed by atoms with E-state index in [9.17, 15) is 28.8 Å². The monoisotopic (exact) mass is 533 g/mol. The molecule has 0 bridgehead atoms. The van der Waals surface area contributed by atoms with Crippen LogP contribution in [0.3, 0.4) is 0 Å². The van der Waals surface area contributed by atoms with Crippen LogP contribution >= 0.6 is 0 Å². The van der Waals surface area contributed by atoms with Crippen molar-refractivity contribution in [3.05, 3.63) is 0 Å². The van der Waals surface area contributed by atoms with Gasteiger partial charge in [-0.3, -0.25) is 24.0 Å². The first-order chi connectivity index (χ1) is 17.9. The van der Waals surface area contributed by atoms with Gasteiger partial charge in [-0.25, -0.2) is 4.79 Å². The number of hydrogen-bond acceptors (Lipinski definition) is 6. The van der Waals surface area contributed by atoms with Gasteiger partial charge in [-0.1, -0.05) is 39.5 Å². The molecule has 5 atom stereocenters. The third kappa shape index (κ3) is 5.49. The minimum absolute atomic E-state index is 0.0871. The summed E-state index contributed by atoms with van der Waals surface area (Å²) in [6, 6.07) is -3.52. The molecule has 0 aromatic heterocycles. The van der Waals surface area contributed by atoms with Gasteiger partial charge in [-0.15, -0.1) is 0 Å². The second-order valence-electron chi connectivity index (χ2n) is 11.9. The van der Waals surface area contributed by atoms with Crippen LogP contribution in [0.25, 0.3) is 0 Å². The summed E-state index contributed by atoms with van der Waals surface area (Å²) < 4.78 is 0. The van der Waals surface area contributed by atoms with E-state index in [-0.39, 0.29) is 35.0 Å². The maximum Gasteiger partial charge on any atom is 0.323 e. The number of piperidine rings is 1. The number of nitrogens with two attached hydrogens (primary N) is 1. The van der Waals surface area contributed by atoms with Crippen molar-refractivity contribution >= 4 is 35.5 Å². The summed E-state index contributed by atoms with van der Waals surface area (Å²) in [6.45, 7) is 3.84. The Morgan fingerprint density at radius 3 is 2.08 bits per heavy atom. The van der Waals surface area contributed by atoms with Crippen molar-refractivity contribution in [3.63, 3.8) is 0 Å². The number of hydrogen-bond donors (Lipinski definition) is 5. The number of carbonyl (C=O) groups is 6. The lowest BCUT2D eigenvalue weighted by Gasteiger charge is -2.38. The summed E-state index contributed by atoms with van der Waals surface area (Å²) in [6.07, 6.45) is 6.62. The molecule has 6 N–H and O–H groups in total. The summed E-state index contributed by atoms with van der Waals surface area (Å²) in [5.74, 6) is -4.34. The molecule has 0 spiro atoms. The van der Waals surface area contributed by atoms with E-state index in [1.54, 1.807) is 0 Å². The maximum absolute atomic E-state index is 14.0. The summed E-state index contributed by atoms with van der Waals surface area (Å²) in [7, 11) is 0. The van der Waals surface area contributed by atoms with Crippen molar-refractivity contribution in [3.8, 4) is 0 Å². The fourth-order valence-corrected chi connectivity index (χ4v) is 6.75. The highest BCUT2D eigenvalue weighted by Crippen LogP contribution is 2.65. The van der Waals surface area contributed by atoms with Crippen molar-refractivity contribution in [1.82, 2.24) is 20.9 Å². The van der Waals surface area contributed by atoms with Crippen LogP contribution in [0.5, 0.6) is 0 Å². The molecule has 3 aliphatic carbocycles. The molecule has 0 aromatic carbocycles. The third-order valence-electron chi connectivity index (χ3n) is 9.28. The highest BCUT2D eigenvalue weighted by atomic mass is 16.4. The zero-order valence-corrected chi connectivity index (χ0v) is 22.0. The van der Waals surface area contributed by atoms with E-state index >= 15 is 0 Å². The summed E-state index contributed by atoms with van der Waals surface area (Å²) in [5, 5.41) is 16.6. The molecule has 12 nitrogen and oxygen atoms in total. The number of aliphatic carboxylic acids is 1. The molecule has 5 amide bonds. The Labute approximate surface area is 221 Å². The maximum atomic E-state index is 14.0. The van der Waals surface area contributed by atoms with Crippen LogP contribution in [0, 0.1) is 29.1 Å². The first kappa shape index (κ1) is 27.8. The zero-order chi connectivity index (χ0) is 27.8. The Kier molecular flexibility index (Phi) is 7.98. The third-order valence-corrected chi connectivity index (χ3v) is 9.28. The van der Waals surface area contributed by atoms with Crippen molar-refractivity contribution in [2.24, 2.45) is 34.8 Å². The Balaban J connectivity index is 1.55. The van der Waals surface area contributed by atoms with Gasteiger partial charge in [0.2, 0.25) is 17.6 Å². The summed E-state index contributed by atoms with van der Waals surface area (Å²) in [5.41, 5.74) is 5.09. The highest BCUT2D eigenvalue weighted by molar-refractivity contribution is 6.38. The van der Waals surface area contributed by atoms with E-state index in [1.807, 2.05) is 13.8 Å². The number of carbonyl (C=O) groups excluding carboxylic acids is 5. The number of nitrogens with one attached hydrogen (secondary N) is 3. The van der Waals surface area contributed by atoms with E-state index < -0.39 is 54.3 Å². The van der Waals surface area contributed by atoms with Gasteiger partial charge >= 0.3 is 12.0 Å². The molecule has 1 heterocycles. The fraction of sp³-hybridized carbons (Fsp3) is 0.769. The molecule has 4 aliphatic rings. The molecule has 1 saturated heterocycles. The van der Waals surface area contributed by atoms with E-state index in [0.717, 1.165) is 38.5 Å². The SMILES string of the molecule is CC1(C)[C@@H]2[C@@H](C(=O)NC(C(=O)C(N)=O)C3CCC3)N(C(=O)[C@@H](NC(=O)NCC(=O)O)C3CCCCC3)C[C@@H]21. The lowest BCUT2D eigenvalue weighted by atomic mass is 9.78. The van der Waals surface area contributed by atoms with Crippen molar-refractivity contribution in [1.29, 1.82) is 0 Å². The molecule has 0 aromatic rings. The first-order valence-electron chi connectivity index (χ1n) is 13.6. The number of carboxylic acids is 1. The predicted octanol–water partition coefficient (Wildman–Crippen LogP) is 0.141. The number of Topliss-reactive ketones (excluding diaryl/α,β-unsaturated/α-hetero) is 1. The van der Waals surface area contributed by atoms with Gasteiger partial charge in [-0.2, -0.15) is 0 Å². The molecule has 12 heteroatoms. The van der Waals surface area contributed by atoms with Gasteiger partial charge in [0.05, 0.1) is 0 Å². The Morgan fingerprint density at radius 2 is 1.53 bits per heavy atom. The molecule has 1 aliphatic heterocycles. The number of amides is 5. The number of likely N-dealkylation sites (tertiary alicyclic amines) is 1. The first-order valence-corrected chi connectivity index (χ1v) is 13.6. The molecule has 38 heavy (non-hydrogen) atoms.